The molecule has 0 radical (unpaired) electrons. The second-order valence-corrected chi connectivity index (χ2v) is 4.65. The van der Waals surface area contributed by atoms with Crippen molar-refractivity contribution in [2.24, 2.45) is 0 Å². The summed E-state index contributed by atoms with van der Waals surface area (Å²) in [5.74, 6) is 0.506. The van der Waals surface area contributed by atoms with E-state index in [4.69, 9.17) is 11.6 Å². The number of benzene rings is 1. The molecule has 0 amide bonds. The van der Waals surface area contributed by atoms with Gasteiger partial charge in [0.25, 0.3) is 0 Å². The summed E-state index contributed by atoms with van der Waals surface area (Å²) in [6.45, 7) is 4.19. The topological polar surface area (TPSA) is 42.7 Å². The van der Waals surface area contributed by atoms with E-state index in [0.29, 0.717) is 18.1 Å². The minimum atomic E-state index is -0.336. The highest BCUT2D eigenvalue weighted by atomic mass is 35.5. The lowest BCUT2D eigenvalue weighted by Gasteiger charge is -2.08. The van der Waals surface area contributed by atoms with E-state index in [-0.39, 0.29) is 5.82 Å². The van der Waals surface area contributed by atoms with E-state index < -0.39 is 0 Å². The van der Waals surface area contributed by atoms with E-state index in [1.165, 1.54) is 18.5 Å². The number of halogens is 2. The van der Waals surface area contributed by atoms with Crippen LogP contribution in [-0.4, -0.2) is 21.3 Å². The molecule has 0 aliphatic rings. The molecule has 0 unspecified atom stereocenters. The first-order chi connectivity index (χ1) is 9.20. The van der Waals surface area contributed by atoms with Gasteiger partial charge in [0.1, 0.15) is 18.0 Å². The molecule has 1 N–H and O–H groups in total. The SMILES string of the molecule is CCCNCc1ncnn1Cc1ccc(F)cc1Cl. The summed E-state index contributed by atoms with van der Waals surface area (Å²) in [6, 6.07) is 4.37. The number of hydrogen-bond donors (Lipinski definition) is 1. The van der Waals surface area contributed by atoms with Crippen molar-refractivity contribution >= 4 is 11.6 Å². The Hall–Kier alpha value is -1.46. The van der Waals surface area contributed by atoms with Gasteiger partial charge in [-0.3, -0.25) is 0 Å². The molecule has 1 heterocycles. The monoisotopic (exact) mass is 282 g/mol. The van der Waals surface area contributed by atoms with Gasteiger partial charge in [0.05, 0.1) is 13.1 Å². The standard InChI is InChI=1S/C13H16ClFN4/c1-2-5-16-7-13-17-9-18-19(13)8-10-3-4-11(15)6-12(10)14/h3-4,6,9,16H,2,5,7-8H2,1H3. The van der Waals surface area contributed by atoms with Crippen molar-refractivity contribution in [1.29, 1.82) is 0 Å². The van der Waals surface area contributed by atoms with Gasteiger partial charge in [-0.15, -0.1) is 0 Å². The summed E-state index contributed by atoms with van der Waals surface area (Å²) in [6.07, 6.45) is 2.58. The fourth-order valence-electron chi connectivity index (χ4n) is 1.75. The first-order valence-electron chi connectivity index (χ1n) is 6.22. The van der Waals surface area contributed by atoms with Gasteiger partial charge >= 0.3 is 0 Å². The van der Waals surface area contributed by atoms with Crippen molar-refractivity contribution < 1.29 is 4.39 Å². The maximum absolute atomic E-state index is 13.0. The predicted octanol–water partition coefficient (Wildman–Crippen LogP) is 2.62. The van der Waals surface area contributed by atoms with Gasteiger partial charge in [0, 0.05) is 5.02 Å². The van der Waals surface area contributed by atoms with Gasteiger partial charge in [-0.25, -0.2) is 14.1 Å². The molecule has 0 spiro atoms. The van der Waals surface area contributed by atoms with Crippen LogP contribution in [0.5, 0.6) is 0 Å². The molecule has 6 heteroatoms. The second-order valence-electron chi connectivity index (χ2n) is 4.25. The van der Waals surface area contributed by atoms with Crippen LogP contribution in [0.25, 0.3) is 0 Å². The number of nitrogens with one attached hydrogen (secondary N) is 1. The Morgan fingerprint density at radius 3 is 3.00 bits per heavy atom. The van der Waals surface area contributed by atoms with Crippen molar-refractivity contribution in [3.8, 4) is 0 Å². The summed E-state index contributed by atoms with van der Waals surface area (Å²) in [5, 5.41) is 7.84. The van der Waals surface area contributed by atoms with Crippen molar-refractivity contribution in [1.82, 2.24) is 20.1 Å². The van der Waals surface area contributed by atoms with Crippen molar-refractivity contribution in [3.05, 3.63) is 46.8 Å². The second kappa shape index (κ2) is 6.63. The van der Waals surface area contributed by atoms with Gasteiger partial charge in [-0.2, -0.15) is 5.10 Å². The highest BCUT2D eigenvalue weighted by molar-refractivity contribution is 6.31. The van der Waals surface area contributed by atoms with Gasteiger partial charge in [-0.1, -0.05) is 24.6 Å². The normalized spacial score (nSPS) is 10.9. The minimum absolute atomic E-state index is 0.336. The molecule has 0 atom stereocenters. The third-order valence-corrected chi connectivity index (χ3v) is 3.09. The number of aromatic nitrogens is 3. The van der Waals surface area contributed by atoms with Crippen LogP contribution in [0.2, 0.25) is 5.02 Å². The maximum atomic E-state index is 13.0. The molecule has 0 bridgehead atoms. The molecule has 0 aliphatic carbocycles. The molecule has 102 valence electrons. The van der Waals surface area contributed by atoms with E-state index in [9.17, 15) is 4.39 Å². The molecule has 19 heavy (non-hydrogen) atoms. The van der Waals surface area contributed by atoms with E-state index in [1.54, 1.807) is 10.7 Å². The quantitative estimate of drug-likeness (QED) is 0.828. The largest absolute Gasteiger partial charge is 0.310 e. The van der Waals surface area contributed by atoms with Crippen LogP contribution in [0.3, 0.4) is 0 Å². The Balaban J connectivity index is 2.08. The van der Waals surface area contributed by atoms with Crippen LogP contribution < -0.4 is 5.32 Å². The Morgan fingerprint density at radius 2 is 2.26 bits per heavy atom. The molecule has 2 aromatic rings. The summed E-state index contributed by atoms with van der Waals surface area (Å²) in [5.41, 5.74) is 0.824. The molecule has 0 aliphatic heterocycles. The number of nitrogens with zero attached hydrogens (tertiary/aromatic N) is 3. The molecule has 1 aromatic carbocycles. The Bertz CT molecular complexity index is 541. The third-order valence-electron chi connectivity index (χ3n) is 2.74. The summed E-state index contributed by atoms with van der Waals surface area (Å²) < 4.78 is 14.7. The first-order valence-corrected chi connectivity index (χ1v) is 6.60. The van der Waals surface area contributed by atoms with Crippen LogP contribution in [-0.2, 0) is 13.1 Å². The van der Waals surface area contributed by atoms with Gasteiger partial charge < -0.3 is 5.32 Å². The third kappa shape index (κ3) is 3.75. The minimum Gasteiger partial charge on any atom is -0.310 e. The van der Waals surface area contributed by atoms with E-state index >= 15 is 0 Å². The van der Waals surface area contributed by atoms with Gasteiger partial charge in [0.15, 0.2) is 0 Å². The van der Waals surface area contributed by atoms with Crippen molar-refractivity contribution in [2.45, 2.75) is 26.4 Å². The van der Waals surface area contributed by atoms with Gasteiger partial charge in [0.2, 0.25) is 0 Å². The number of hydrogen-bond acceptors (Lipinski definition) is 3. The molecule has 0 saturated carbocycles. The molecule has 0 fully saturated rings. The Morgan fingerprint density at radius 1 is 1.42 bits per heavy atom. The lowest BCUT2D eigenvalue weighted by molar-refractivity contribution is 0.581. The molecule has 1 aromatic heterocycles. The van der Waals surface area contributed by atoms with Crippen molar-refractivity contribution in [2.75, 3.05) is 6.54 Å². The fourth-order valence-corrected chi connectivity index (χ4v) is 1.97. The average Bonchev–Trinajstić information content (AvgIpc) is 2.81. The Labute approximate surface area is 116 Å². The zero-order valence-corrected chi connectivity index (χ0v) is 11.5. The average molecular weight is 283 g/mol. The highest BCUT2D eigenvalue weighted by Gasteiger charge is 2.07. The van der Waals surface area contributed by atoms with Crippen LogP contribution >= 0.6 is 11.6 Å². The van der Waals surface area contributed by atoms with E-state index in [0.717, 1.165) is 24.4 Å². The van der Waals surface area contributed by atoms with Crippen LogP contribution in [0, 0.1) is 5.82 Å². The van der Waals surface area contributed by atoms with Crippen LogP contribution in [0.4, 0.5) is 4.39 Å². The number of rotatable bonds is 6. The fraction of sp³-hybridized carbons (Fsp3) is 0.385. The summed E-state index contributed by atoms with van der Waals surface area (Å²) >= 11 is 6.01. The smallest absolute Gasteiger partial charge is 0.141 e. The van der Waals surface area contributed by atoms with Gasteiger partial charge in [-0.05, 0) is 30.7 Å². The summed E-state index contributed by atoms with van der Waals surface area (Å²) in [4.78, 5) is 4.20. The zero-order valence-electron chi connectivity index (χ0n) is 10.7. The van der Waals surface area contributed by atoms with Crippen molar-refractivity contribution in [3.63, 3.8) is 0 Å². The predicted molar refractivity (Wildman–Crippen MR) is 72.5 cm³/mol. The first kappa shape index (κ1) is 14.0. The lowest BCUT2D eigenvalue weighted by Crippen LogP contribution is -2.18. The molecular weight excluding hydrogens is 267 g/mol. The summed E-state index contributed by atoms with van der Waals surface area (Å²) in [7, 11) is 0. The van der Waals surface area contributed by atoms with Crippen LogP contribution in [0.1, 0.15) is 24.7 Å². The van der Waals surface area contributed by atoms with E-state index in [2.05, 4.69) is 22.3 Å². The maximum Gasteiger partial charge on any atom is 0.141 e. The zero-order chi connectivity index (χ0) is 13.7. The molecular formula is C13H16ClFN4. The highest BCUT2D eigenvalue weighted by Crippen LogP contribution is 2.18. The molecule has 4 nitrogen and oxygen atoms in total. The lowest BCUT2D eigenvalue weighted by atomic mass is 10.2. The Kier molecular flexibility index (Phi) is 4.87. The van der Waals surface area contributed by atoms with E-state index in [1.807, 2.05) is 0 Å². The van der Waals surface area contributed by atoms with Crippen LogP contribution in [0.15, 0.2) is 24.5 Å². The molecule has 2 rings (SSSR count). The molecule has 0 saturated heterocycles.